The van der Waals surface area contributed by atoms with E-state index in [-0.39, 0.29) is 18.6 Å². The Morgan fingerprint density at radius 1 is 1.08 bits per heavy atom. The monoisotopic (exact) mass is 524 g/mol. The van der Waals surface area contributed by atoms with Gasteiger partial charge in [-0.15, -0.1) is 0 Å². The first-order valence-electron chi connectivity index (χ1n) is 11.6. The first-order valence-corrected chi connectivity index (χ1v) is 13.4. The van der Waals surface area contributed by atoms with E-state index in [1.165, 1.54) is 13.4 Å². The summed E-state index contributed by atoms with van der Waals surface area (Å²) >= 11 is 0. The second-order valence-corrected chi connectivity index (χ2v) is 10.5. The Kier molecular flexibility index (Phi) is 8.50. The van der Waals surface area contributed by atoms with E-state index in [2.05, 4.69) is 20.0 Å². The first-order chi connectivity index (χ1) is 17.9. The number of esters is 1. The van der Waals surface area contributed by atoms with Crippen LogP contribution in [0.25, 0.3) is 11.2 Å². The summed E-state index contributed by atoms with van der Waals surface area (Å²) in [6.07, 6.45) is 2.52. The highest BCUT2D eigenvalue weighted by molar-refractivity contribution is 7.57. The van der Waals surface area contributed by atoms with Crippen molar-refractivity contribution in [2.24, 2.45) is 0 Å². The number of methoxy groups -OCH3 is 1. The second kappa shape index (κ2) is 12.0. The fourth-order valence-corrected chi connectivity index (χ4v) is 5.50. The summed E-state index contributed by atoms with van der Waals surface area (Å²) in [5.41, 5.74) is 7.81. The number of benzene rings is 2. The minimum Gasteiger partial charge on any atom is -0.468 e. The number of imidazole rings is 1. The molecule has 2 aromatic carbocycles. The van der Waals surface area contributed by atoms with Crippen LogP contribution in [0.1, 0.15) is 12.5 Å². The van der Waals surface area contributed by atoms with Crippen LogP contribution < -0.4 is 15.3 Å². The third kappa shape index (κ3) is 6.91. The fourth-order valence-electron chi connectivity index (χ4n) is 3.74. The molecule has 11 nitrogen and oxygen atoms in total. The lowest BCUT2D eigenvalue weighted by Gasteiger charge is -2.26. The molecule has 3 N–H and O–H groups in total. The number of para-hydroxylation sites is 1. The van der Waals surface area contributed by atoms with Crippen LogP contribution in [0.5, 0.6) is 5.75 Å². The van der Waals surface area contributed by atoms with Crippen molar-refractivity contribution in [1.82, 2.24) is 24.6 Å². The number of aromatic nitrogens is 4. The topological polar surface area (TPSA) is 143 Å². The van der Waals surface area contributed by atoms with Crippen molar-refractivity contribution in [2.45, 2.75) is 32.0 Å². The van der Waals surface area contributed by atoms with Crippen molar-refractivity contribution >= 4 is 30.5 Å². The van der Waals surface area contributed by atoms with Crippen LogP contribution in [0.4, 0.5) is 5.82 Å². The van der Waals surface area contributed by atoms with E-state index in [9.17, 15) is 9.36 Å². The van der Waals surface area contributed by atoms with Crippen molar-refractivity contribution in [3.05, 3.63) is 78.9 Å². The van der Waals surface area contributed by atoms with Crippen LogP contribution in [0.3, 0.4) is 0 Å². The largest absolute Gasteiger partial charge is 0.468 e. The number of hydrogen-bond donors (Lipinski definition) is 2. The molecule has 12 heteroatoms. The molecule has 3 atom stereocenters. The second-order valence-electron chi connectivity index (χ2n) is 8.41. The maximum Gasteiger partial charge on any atom is 0.342 e. The van der Waals surface area contributed by atoms with Gasteiger partial charge in [0.15, 0.2) is 11.5 Å². The average molecular weight is 525 g/mol. The molecule has 194 valence electrons. The molecule has 2 heterocycles. The third-order valence-corrected chi connectivity index (χ3v) is 7.23. The number of ether oxygens (including phenoxy) is 2. The Balaban J connectivity index is 1.51. The van der Waals surface area contributed by atoms with Gasteiger partial charge >= 0.3 is 13.5 Å². The number of rotatable bonds is 12. The lowest BCUT2D eigenvalue weighted by molar-refractivity contribution is -0.142. The van der Waals surface area contributed by atoms with Gasteiger partial charge in [0.2, 0.25) is 0 Å². The van der Waals surface area contributed by atoms with E-state index in [1.54, 1.807) is 35.2 Å². The highest BCUT2D eigenvalue weighted by atomic mass is 31.2. The van der Waals surface area contributed by atoms with E-state index < -0.39 is 25.6 Å². The third-order valence-electron chi connectivity index (χ3n) is 5.53. The van der Waals surface area contributed by atoms with Crippen LogP contribution >= 0.6 is 7.52 Å². The van der Waals surface area contributed by atoms with Crippen LogP contribution in [0.2, 0.25) is 0 Å². The number of carbonyl (C=O) groups is 1. The molecule has 0 aliphatic rings. The van der Waals surface area contributed by atoms with Crippen molar-refractivity contribution in [3.63, 3.8) is 0 Å². The van der Waals surface area contributed by atoms with Crippen LogP contribution in [0, 0.1) is 0 Å². The molecule has 0 amide bonds. The molecule has 0 spiro atoms. The van der Waals surface area contributed by atoms with Crippen LogP contribution in [-0.4, -0.2) is 51.1 Å². The minimum absolute atomic E-state index is 0.257. The van der Waals surface area contributed by atoms with E-state index in [4.69, 9.17) is 19.7 Å². The summed E-state index contributed by atoms with van der Waals surface area (Å²) in [5, 5.41) is 2.91. The Labute approximate surface area is 214 Å². The molecule has 2 aromatic heterocycles. The smallest absolute Gasteiger partial charge is 0.342 e. The van der Waals surface area contributed by atoms with Crippen molar-refractivity contribution < 1.29 is 23.4 Å². The van der Waals surface area contributed by atoms with Crippen LogP contribution in [-0.2, 0) is 31.8 Å². The van der Waals surface area contributed by atoms with Gasteiger partial charge in [-0.2, -0.15) is 0 Å². The SMILES string of the molecule is COC(=O)[C@H](Cc1ccccc1)N[P@@](=O)(CO[C@H](C)Cn1cnc2c(N)ncnc21)Oc1ccccc1. The van der Waals surface area contributed by atoms with Crippen LogP contribution in [0.15, 0.2) is 73.3 Å². The molecular formula is C25H29N6O5P. The number of anilines is 1. The molecule has 0 bridgehead atoms. The van der Waals surface area contributed by atoms with E-state index in [1.807, 2.05) is 43.3 Å². The summed E-state index contributed by atoms with van der Waals surface area (Å²) in [5.74, 6) is 0.108. The number of fused-ring (bicyclic) bond motifs is 1. The highest BCUT2D eigenvalue weighted by Gasteiger charge is 2.34. The van der Waals surface area contributed by atoms with E-state index in [0.29, 0.717) is 23.5 Å². The van der Waals surface area contributed by atoms with Crippen molar-refractivity contribution in [1.29, 1.82) is 0 Å². The Morgan fingerprint density at radius 3 is 2.49 bits per heavy atom. The van der Waals surface area contributed by atoms with Crippen molar-refractivity contribution in [3.8, 4) is 5.75 Å². The van der Waals surface area contributed by atoms with Gasteiger partial charge in [0, 0.05) is 0 Å². The van der Waals surface area contributed by atoms with Gasteiger partial charge in [-0.3, -0.25) is 9.36 Å². The fraction of sp³-hybridized carbons (Fsp3) is 0.280. The molecule has 0 aliphatic carbocycles. The van der Waals surface area contributed by atoms with Gasteiger partial charge in [-0.1, -0.05) is 48.5 Å². The lowest BCUT2D eigenvalue weighted by atomic mass is 10.1. The highest BCUT2D eigenvalue weighted by Crippen LogP contribution is 2.44. The zero-order valence-electron chi connectivity index (χ0n) is 20.6. The molecule has 0 fully saturated rings. The predicted octanol–water partition coefficient (Wildman–Crippen LogP) is 3.42. The zero-order valence-corrected chi connectivity index (χ0v) is 21.5. The summed E-state index contributed by atoms with van der Waals surface area (Å²) in [6, 6.07) is 17.2. The maximum atomic E-state index is 14.0. The molecule has 4 rings (SSSR count). The van der Waals surface area contributed by atoms with Gasteiger partial charge in [0.25, 0.3) is 0 Å². The number of hydrogen-bond acceptors (Lipinski definition) is 9. The maximum absolute atomic E-state index is 14.0. The molecule has 0 saturated heterocycles. The van der Waals surface area contributed by atoms with Gasteiger partial charge in [0.05, 0.1) is 26.1 Å². The normalized spacial score (nSPS) is 14.5. The lowest BCUT2D eigenvalue weighted by Crippen LogP contribution is -2.39. The van der Waals surface area contributed by atoms with Gasteiger partial charge in [-0.25, -0.2) is 20.0 Å². The molecular weight excluding hydrogens is 495 g/mol. The Bertz CT molecular complexity index is 1370. The number of nitrogens with one attached hydrogen (secondary N) is 1. The summed E-state index contributed by atoms with van der Waals surface area (Å²) < 4.78 is 32.7. The summed E-state index contributed by atoms with van der Waals surface area (Å²) in [7, 11) is -2.46. The Morgan fingerprint density at radius 2 is 1.78 bits per heavy atom. The van der Waals surface area contributed by atoms with E-state index in [0.717, 1.165) is 5.56 Å². The molecule has 0 radical (unpaired) electrons. The molecule has 0 unspecified atom stereocenters. The summed E-state index contributed by atoms with van der Waals surface area (Å²) in [4.78, 5) is 25.1. The quantitative estimate of drug-likeness (QED) is 0.209. The minimum atomic E-state index is -3.74. The summed E-state index contributed by atoms with van der Waals surface area (Å²) in [6.45, 7) is 2.19. The average Bonchev–Trinajstić information content (AvgIpc) is 3.32. The standard InChI is InChI=1S/C25H29N6O5P/c1-18(14-31-16-29-22-23(26)27-15-28-24(22)31)35-17-37(33,36-20-11-7-4-8-12-20)30-21(25(32)34-2)13-19-9-5-3-6-10-19/h3-12,15-16,18,21H,13-14,17H2,1-2H3,(H,30,33)(H2,26,27,28)/t18-,21+,37-/m1/s1. The van der Waals surface area contributed by atoms with Gasteiger partial charge < -0.3 is 24.3 Å². The number of nitrogen functional groups attached to an aromatic ring is 1. The first kappa shape index (κ1) is 26.3. The molecule has 0 saturated carbocycles. The number of carbonyl (C=O) groups excluding carboxylic acids is 1. The zero-order chi connectivity index (χ0) is 26.3. The van der Waals surface area contributed by atoms with Gasteiger partial charge in [-0.05, 0) is 31.0 Å². The Hall–Kier alpha value is -3.79. The molecule has 37 heavy (non-hydrogen) atoms. The number of nitrogens with two attached hydrogens (primary N) is 1. The predicted molar refractivity (Wildman–Crippen MR) is 139 cm³/mol. The number of nitrogens with zero attached hydrogens (tertiary/aromatic N) is 4. The van der Waals surface area contributed by atoms with Crippen molar-refractivity contribution in [2.75, 3.05) is 19.2 Å². The molecule has 0 aliphatic heterocycles. The molecule has 4 aromatic rings. The van der Waals surface area contributed by atoms with Gasteiger partial charge in [0.1, 0.15) is 30.0 Å². The van der Waals surface area contributed by atoms with E-state index >= 15 is 0 Å².